The van der Waals surface area contributed by atoms with Crippen LogP contribution in [-0.4, -0.2) is 43.2 Å². The highest BCUT2D eigenvalue weighted by atomic mass is 16.3. The molecule has 28 heavy (non-hydrogen) atoms. The van der Waals surface area contributed by atoms with E-state index < -0.39 is 11.9 Å². The second-order valence-electron chi connectivity index (χ2n) is 6.49. The molecule has 1 amide bonds. The average molecular weight is 377 g/mol. The van der Waals surface area contributed by atoms with Gasteiger partial charge in [-0.05, 0) is 12.0 Å². The molecule has 0 spiro atoms. The van der Waals surface area contributed by atoms with Gasteiger partial charge in [-0.1, -0.05) is 55.6 Å². The minimum absolute atomic E-state index is 0.166. The number of aliphatic hydroxyl groups excluding tert-OH is 2. The maximum atomic E-state index is 12.9. The fraction of sp³-hybridized carbons (Fsp3) is 0.182. The standard InChI is InChI=1S/C22H23N3O3/c1-3-8-18(16(2)26)20-19(17-9-5-4-6-10-17)21(27)22(28)25(20)13-7-12-24-14-11-23-15-24/h3-6,8-11,14-15,20,26-27H,1-2,7,12-13H2/b18-8+. The van der Waals surface area contributed by atoms with Gasteiger partial charge >= 0.3 is 0 Å². The predicted octanol–water partition coefficient (Wildman–Crippen LogP) is 3.64. The molecule has 2 aromatic rings. The van der Waals surface area contributed by atoms with Gasteiger partial charge in [0.05, 0.1) is 12.4 Å². The van der Waals surface area contributed by atoms with Crippen LogP contribution in [0.5, 0.6) is 0 Å². The van der Waals surface area contributed by atoms with Gasteiger partial charge in [-0.15, -0.1) is 0 Å². The molecule has 2 heterocycles. The molecule has 1 aromatic carbocycles. The zero-order valence-corrected chi connectivity index (χ0v) is 15.5. The Bertz CT molecular complexity index is 927. The Labute approximate surface area is 164 Å². The fourth-order valence-electron chi connectivity index (χ4n) is 3.43. The van der Waals surface area contributed by atoms with E-state index in [0.29, 0.717) is 36.2 Å². The van der Waals surface area contributed by atoms with Gasteiger partial charge in [-0.25, -0.2) is 4.98 Å². The summed E-state index contributed by atoms with van der Waals surface area (Å²) >= 11 is 0. The summed E-state index contributed by atoms with van der Waals surface area (Å²) in [6.45, 7) is 8.40. The van der Waals surface area contributed by atoms with Gasteiger partial charge in [0.2, 0.25) is 0 Å². The van der Waals surface area contributed by atoms with Gasteiger partial charge in [0.25, 0.3) is 5.91 Å². The molecule has 1 aliphatic heterocycles. The summed E-state index contributed by atoms with van der Waals surface area (Å²) in [5.41, 5.74) is 1.59. The number of aryl methyl sites for hydroxylation is 1. The monoisotopic (exact) mass is 377 g/mol. The lowest BCUT2D eigenvalue weighted by Crippen LogP contribution is -2.38. The molecule has 2 N–H and O–H groups in total. The van der Waals surface area contributed by atoms with Crippen LogP contribution in [0.15, 0.2) is 91.5 Å². The minimum atomic E-state index is -0.645. The Hall–Kier alpha value is -3.54. The van der Waals surface area contributed by atoms with Crippen molar-refractivity contribution in [3.8, 4) is 0 Å². The third-order valence-electron chi connectivity index (χ3n) is 4.69. The van der Waals surface area contributed by atoms with Gasteiger partial charge in [0.1, 0.15) is 5.76 Å². The van der Waals surface area contributed by atoms with Crippen LogP contribution < -0.4 is 0 Å². The zero-order chi connectivity index (χ0) is 20.1. The Morgan fingerprint density at radius 3 is 2.61 bits per heavy atom. The fourth-order valence-corrected chi connectivity index (χ4v) is 3.43. The van der Waals surface area contributed by atoms with Crippen LogP contribution in [0, 0.1) is 0 Å². The number of hydrogen-bond acceptors (Lipinski definition) is 4. The molecular weight excluding hydrogens is 354 g/mol. The van der Waals surface area contributed by atoms with Crippen LogP contribution in [-0.2, 0) is 11.3 Å². The van der Waals surface area contributed by atoms with Crippen molar-refractivity contribution >= 4 is 11.5 Å². The van der Waals surface area contributed by atoms with Crippen molar-refractivity contribution in [3.63, 3.8) is 0 Å². The lowest BCUT2D eigenvalue weighted by molar-refractivity contribution is -0.128. The third kappa shape index (κ3) is 3.76. The number of rotatable bonds is 8. The van der Waals surface area contributed by atoms with Crippen molar-refractivity contribution in [1.82, 2.24) is 14.5 Å². The largest absolute Gasteiger partial charge is 0.508 e. The molecular formula is C22H23N3O3. The molecule has 1 unspecified atom stereocenters. The summed E-state index contributed by atoms with van der Waals surface area (Å²) in [6, 6.07) is 8.54. The van der Waals surface area contributed by atoms with Crippen LogP contribution in [0.4, 0.5) is 0 Å². The second-order valence-corrected chi connectivity index (χ2v) is 6.49. The highest BCUT2D eigenvalue weighted by Crippen LogP contribution is 2.38. The number of imidazole rings is 1. The first-order valence-electron chi connectivity index (χ1n) is 9.00. The smallest absolute Gasteiger partial charge is 0.289 e. The van der Waals surface area contributed by atoms with Gasteiger partial charge in [-0.2, -0.15) is 0 Å². The molecule has 0 aliphatic carbocycles. The van der Waals surface area contributed by atoms with Crippen molar-refractivity contribution in [1.29, 1.82) is 0 Å². The molecule has 1 aliphatic rings. The van der Waals surface area contributed by atoms with E-state index in [4.69, 9.17) is 0 Å². The van der Waals surface area contributed by atoms with Crippen LogP contribution in [0.2, 0.25) is 0 Å². The summed E-state index contributed by atoms with van der Waals surface area (Å²) in [5.74, 6) is -0.943. The molecule has 0 saturated heterocycles. The van der Waals surface area contributed by atoms with Crippen molar-refractivity contribution < 1.29 is 15.0 Å². The van der Waals surface area contributed by atoms with E-state index in [1.807, 2.05) is 41.1 Å². The van der Waals surface area contributed by atoms with Crippen molar-refractivity contribution in [2.75, 3.05) is 6.54 Å². The van der Waals surface area contributed by atoms with Crippen molar-refractivity contribution in [2.24, 2.45) is 0 Å². The van der Waals surface area contributed by atoms with Gasteiger partial charge < -0.3 is 19.7 Å². The summed E-state index contributed by atoms with van der Waals surface area (Å²) in [5, 5.41) is 20.8. The van der Waals surface area contributed by atoms with Gasteiger partial charge in [0.15, 0.2) is 5.76 Å². The maximum Gasteiger partial charge on any atom is 0.289 e. The Kier molecular flexibility index (Phi) is 5.79. The molecule has 6 nitrogen and oxygen atoms in total. The van der Waals surface area contributed by atoms with E-state index in [-0.39, 0.29) is 11.5 Å². The van der Waals surface area contributed by atoms with Gasteiger partial charge in [0, 0.05) is 36.6 Å². The topological polar surface area (TPSA) is 78.6 Å². The summed E-state index contributed by atoms with van der Waals surface area (Å²) < 4.78 is 1.92. The van der Waals surface area contributed by atoms with E-state index in [9.17, 15) is 15.0 Å². The predicted molar refractivity (Wildman–Crippen MR) is 108 cm³/mol. The number of nitrogens with zero attached hydrogens (tertiary/aromatic N) is 3. The second kappa shape index (κ2) is 8.43. The number of aromatic nitrogens is 2. The SMILES string of the molecule is C=C/C=C(\C(=C)O)C1C(c2ccccc2)=C(O)C(=O)N1CCCn1ccnc1. The van der Waals surface area contributed by atoms with E-state index in [1.54, 1.807) is 23.5 Å². The quantitative estimate of drug-likeness (QED) is 0.544. The molecule has 1 atom stereocenters. The van der Waals surface area contributed by atoms with E-state index >= 15 is 0 Å². The van der Waals surface area contributed by atoms with E-state index in [0.717, 1.165) is 0 Å². The van der Waals surface area contributed by atoms with E-state index in [1.165, 1.54) is 6.08 Å². The summed E-state index contributed by atoms with van der Waals surface area (Å²) in [7, 11) is 0. The number of aliphatic hydroxyl groups is 2. The van der Waals surface area contributed by atoms with Crippen LogP contribution in [0.1, 0.15) is 12.0 Å². The molecule has 3 rings (SSSR count). The van der Waals surface area contributed by atoms with Crippen molar-refractivity contribution in [2.45, 2.75) is 19.0 Å². The van der Waals surface area contributed by atoms with Crippen LogP contribution in [0.25, 0.3) is 5.57 Å². The highest BCUT2D eigenvalue weighted by molar-refractivity contribution is 6.06. The molecule has 1 aromatic heterocycles. The Morgan fingerprint density at radius 1 is 1.25 bits per heavy atom. The minimum Gasteiger partial charge on any atom is -0.508 e. The Balaban J connectivity index is 1.96. The van der Waals surface area contributed by atoms with Crippen LogP contribution in [0.3, 0.4) is 0 Å². The molecule has 0 radical (unpaired) electrons. The first kappa shape index (κ1) is 19.2. The van der Waals surface area contributed by atoms with E-state index in [2.05, 4.69) is 18.1 Å². The third-order valence-corrected chi connectivity index (χ3v) is 4.69. The highest BCUT2D eigenvalue weighted by Gasteiger charge is 2.42. The molecule has 0 saturated carbocycles. The molecule has 0 bridgehead atoms. The zero-order valence-electron chi connectivity index (χ0n) is 15.5. The average Bonchev–Trinajstić information content (AvgIpc) is 3.29. The first-order chi connectivity index (χ1) is 13.5. The first-order valence-corrected chi connectivity index (χ1v) is 9.00. The molecule has 144 valence electrons. The normalized spacial score (nSPS) is 17.3. The number of carbonyl (C=O) groups excluding carboxylic acids is 1. The summed E-state index contributed by atoms with van der Waals surface area (Å²) in [6.07, 6.45) is 9.08. The number of allylic oxidation sites excluding steroid dienone is 2. The lowest BCUT2D eigenvalue weighted by Gasteiger charge is -2.28. The van der Waals surface area contributed by atoms with Gasteiger partial charge in [-0.3, -0.25) is 4.79 Å². The molecule has 6 heteroatoms. The number of amides is 1. The van der Waals surface area contributed by atoms with Crippen molar-refractivity contribution in [3.05, 3.63) is 97.0 Å². The summed E-state index contributed by atoms with van der Waals surface area (Å²) in [4.78, 5) is 18.4. The Morgan fingerprint density at radius 2 is 2.00 bits per heavy atom. The number of benzene rings is 1. The number of carbonyl (C=O) groups is 1. The van der Waals surface area contributed by atoms with Crippen LogP contribution >= 0.6 is 0 Å². The number of hydrogen-bond donors (Lipinski definition) is 2. The molecule has 0 fully saturated rings. The lowest BCUT2D eigenvalue weighted by atomic mass is 9.92. The maximum absolute atomic E-state index is 12.9.